The molecule has 1 aromatic carbocycles. The number of ether oxygens (including phenoxy) is 1. The third-order valence-corrected chi connectivity index (χ3v) is 4.93. The Morgan fingerprint density at radius 3 is 3.05 bits per heavy atom. The molecule has 1 aromatic heterocycles. The van der Waals surface area contributed by atoms with Gasteiger partial charge in [0.05, 0.1) is 17.3 Å². The summed E-state index contributed by atoms with van der Waals surface area (Å²) in [6.45, 7) is 2.15. The Morgan fingerprint density at radius 2 is 2.37 bits per heavy atom. The molecule has 5 heteroatoms. The van der Waals surface area contributed by atoms with Gasteiger partial charge < -0.3 is 10.1 Å². The van der Waals surface area contributed by atoms with Crippen molar-refractivity contribution >= 4 is 27.3 Å². The van der Waals surface area contributed by atoms with Gasteiger partial charge in [-0.1, -0.05) is 0 Å². The maximum Gasteiger partial charge on any atom is 0.133 e. The first-order valence-corrected chi connectivity index (χ1v) is 7.95. The van der Waals surface area contributed by atoms with Crippen molar-refractivity contribution in [3.05, 3.63) is 33.7 Å². The molecule has 0 amide bonds. The molecular weight excluding hydrogens is 324 g/mol. The fourth-order valence-corrected chi connectivity index (χ4v) is 3.75. The zero-order valence-corrected chi connectivity index (χ0v) is 13.1. The van der Waals surface area contributed by atoms with E-state index < -0.39 is 0 Å². The van der Waals surface area contributed by atoms with Crippen molar-refractivity contribution in [2.45, 2.75) is 12.3 Å². The minimum Gasteiger partial charge on any atom is -0.496 e. The average Bonchev–Trinajstić information content (AvgIpc) is 3.09. The molecule has 2 aromatic rings. The monoisotopic (exact) mass is 338 g/mol. The van der Waals surface area contributed by atoms with E-state index in [1.807, 2.05) is 6.07 Å². The quantitative estimate of drug-likeness (QED) is 0.927. The molecule has 3 nitrogen and oxygen atoms in total. The van der Waals surface area contributed by atoms with Crippen LogP contribution in [-0.2, 0) is 0 Å². The van der Waals surface area contributed by atoms with Crippen molar-refractivity contribution in [1.82, 2.24) is 10.3 Å². The number of halogens is 1. The highest BCUT2D eigenvalue weighted by atomic mass is 79.9. The minimum absolute atomic E-state index is 0.576. The molecule has 0 radical (unpaired) electrons. The normalized spacial score (nSPS) is 18.7. The number of nitrogens with zero attached hydrogens (tertiary/aromatic N) is 1. The van der Waals surface area contributed by atoms with E-state index in [-0.39, 0.29) is 0 Å². The second kappa shape index (κ2) is 5.61. The fraction of sp³-hybridized carbons (Fsp3) is 0.357. The lowest BCUT2D eigenvalue weighted by Gasteiger charge is -2.05. The summed E-state index contributed by atoms with van der Waals surface area (Å²) >= 11 is 5.23. The van der Waals surface area contributed by atoms with Gasteiger partial charge in [0.15, 0.2) is 0 Å². The molecule has 3 rings (SSSR count). The molecule has 0 saturated carbocycles. The van der Waals surface area contributed by atoms with Gasteiger partial charge in [0, 0.05) is 23.4 Å². The maximum absolute atomic E-state index is 5.25. The van der Waals surface area contributed by atoms with Crippen molar-refractivity contribution in [1.29, 1.82) is 0 Å². The summed E-state index contributed by atoms with van der Waals surface area (Å²) in [5.41, 5.74) is 2.35. The smallest absolute Gasteiger partial charge is 0.133 e. The molecule has 1 aliphatic heterocycles. The van der Waals surface area contributed by atoms with Gasteiger partial charge in [-0.25, -0.2) is 4.98 Å². The van der Waals surface area contributed by atoms with E-state index in [4.69, 9.17) is 9.72 Å². The highest BCUT2D eigenvalue weighted by Crippen LogP contribution is 2.33. The topological polar surface area (TPSA) is 34.1 Å². The van der Waals surface area contributed by atoms with Gasteiger partial charge >= 0.3 is 0 Å². The van der Waals surface area contributed by atoms with Crippen molar-refractivity contribution in [2.75, 3.05) is 20.2 Å². The Balaban J connectivity index is 1.87. The van der Waals surface area contributed by atoms with Crippen LogP contribution in [-0.4, -0.2) is 25.2 Å². The summed E-state index contributed by atoms with van der Waals surface area (Å²) < 4.78 is 6.21. The Labute approximate surface area is 125 Å². The minimum atomic E-state index is 0.576. The lowest BCUT2D eigenvalue weighted by atomic mass is 10.1. The summed E-state index contributed by atoms with van der Waals surface area (Å²) in [5.74, 6) is 1.42. The number of aromatic nitrogens is 1. The van der Waals surface area contributed by atoms with Crippen LogP contribution in [0.15, 0.2) is 28.1 Å². The maximum atomic E-state index is 5.25. The van der Waals surface area contributed by atoms with Crippen LogP contribution in [0.25, 0.3) is 10.6 Å². The summed E-state index contributed by atoms with van der Waals surface area (Å²) in [5, 5.41) is 6.64. The van der Waals surface area contributed by atoms with Gasteiger partial charge in [-0.3, -0.25) is 0 Å². The molecule has 2 heterocycles. The van der Waals surface area contributed by atoms with Crippen molar-refractivity contribution in [2.24, 2.45) is 0 Å². The van der Waals surface area contributed by atoms with Gasteiger partial charge in [0.2, 0.25) is 0 Å². The average molecular weight is 339 g/mol. The number of hydrogen-bond acceptors (Lipinski definition) is 4. The van der Waals surface area contributed by atoms with E-state index in [1.54, 1.807) is 18.4 Å². The van der Waals surface area contributed by atoms with Crippen molar-refractivity contribution < 1.29 is 4.74 Å². The van der Waals surface area contributed by atoms with Gasteiger partial charge in [-0.05, 0) is 47.1 Å². The SMILES string of the molecule is COc1ccc(-c2nc(C3CCNC3)cs2)cc1Br. The molecule has 1 unspecified atom stereocenters. The number of methoxy groups -OCH3 is 1. The van der Waals surface area contributed by atoms with Crippen LogP contribution in [0.2, 0.25) is 0 Å². The van der Waals surface area contributed by atoms with Crippen molar-refractivity contribution in [3.8, 4) is 16.3 Å². The summed E-state index contributed by atoms with van der Waals surface area (Å²) in [7, 11) is 1.67. The van der Waals surface area contributed by atoms with Crippen LogP contribution in [0.3, 0.4) is 0 Å². The molecule has 1 fully saturated rings. The van der Waals surface area contributed by atoms with E-state index >= 15 is 0 Å². The lowest BCUT2D eigenvalue weighted by molar-refractivity contribution is 0.412. The Bertz CT molecular complexity index is 579. The van der Waals surface area contributed by atoms with Crippen LogP contribution in [0.5, 0.6) is 5.75 Å². The largest absolute Gasteiger partial charge is 0.496 e. The summed E-state index contributed by atoms with van der Waals surface area (Å²) in [6.07, 6.45) is 1.19. The standard InChI is InChI=1S/C14H15BrN2OS/c1-18-13-3-2-9(6-11(13)15)14-17-12(8-19-14)10-4-5-16-7-10/h2-3,6,8,10,16H,4-5,7H2,1H3. The van der Waals surface area contributed by atoms with Gasteiger partial charge in [-0.15, -0.1) is 11.3 Å². The predicted molar refractivity (Wildman–Crippen MR) is 82.0 cm³/mol. The van der Waals surface area contributed by atoms with Crippen LogP contribution < -0.4 is 10.1 Å². The molecule has 1 N–H and O–H groups in total. The van der Waals surface area contributed by atoms with E-state index in [2.05, 4.69) is 38.8 Å². The van der Waals surface area contributed by atoms with Gasteiger partial charge in [-0.2, -0.15) is 0 Å². The van der Waals surface area contributed by atoms with Crippen LogP contribution in [0.4, 0.5) is 0 Å². The van der Waals surface area contributed by atoms with E-state index in [0.717, 1.165) is 33.9 Å². The van der Waals surface area contributed by atoms with Crippen LogP contribution in [0, 0.1) is 0 Å². The number of nitrogens with one attached hydrogen (secondary N) is 1. The third kappa shape index (κ3) is 2.68. The highest BCUT2D eigenvalue weighted by Gasteiger charge is 2.19. The number of thiazole rings is 1. The van der Waals surface area contributed by atoms with Crippen LogP contribution >= 0.6 is 27.3 Å². The molecule has 0 bridgehead atoms. The Kier molecular flexibility index (Phi) is 3.86. The molecule has 1 atom stereocenters. The van der Waals surface area contributed by atoms with Crippen molar-refractivity contribution in [3.63, 3.8) is 0 Å². The third-order valence-electron chi connectivity index (χ3n) is 3.40. The van der Waals surface area contributed by atoms with E-state index in [0.29, 0.717) is 5.92 Å². The Morgan fingerprint density at radius 1 is 1.47 bits per heavy atom. The second-order valence-electron chi connectivity index (χ2n) is 4.62. The molecular formula is C14H15BrN2OS. The zero-order valence-electron chi connectivity index (χ0n) is 10.6. The molecule has 1 saturated heterocycles. The molecule has 1 aliphatic rings. The number of benzene rings is 1. The fourth-order valence-electron chi connectivity index (χ4n) is 2.31. The van der Waals surface area contributed by atoms with E-state index in [9.17, 15) is 0 Å². The highest BCUT2D eigenvalue weighted by molar-refractivity contribution is 9.10. The first-order chi connectivity index (χ1) is 9.28. The predicted octanol–water partition coefficient (Wildman–Crippen LogP) is 3.66. The summed E-state index contributed by atoms with van der Waals surface area (Å²) in [4.78, 5) is 4.78. The first kappa shape index (κ1) is 13.1. The summed E-state index contributed by atoms with van der Waals surface area (Å²) in [6, 6.07) is 6.09. The van der Waals surface area contributed by atoms with E-state index in [1.165, 1.54) is 12.1 Å². The molecule has 19 heavy (non-hydrogen) atoms. The lowest BCUT2D eigenvalue weighted by Crippen LogP contribution is -2.08. The number of rotatable bonds is 3. The molecule has 0 aliphatic carbocycles. The second-order valence-corrected chi connectivity index (χ2v) is 6.33. The van der Waals surface area contributed by atoms with Gasteiger partial charge in [0.1, 0.15) is 10.8 Å². The van der Waals surface area contributed by atoms with Crippen LogP contribution in [0.1, 0.15) is 18.0 Å². The number of hydrogen-bond donors (Lipinski definition) is 1. The Hall–Kier alpha value is -0.910. The molecule has 100 valence electrons. The van der Waals surface area contributed by atoms with Gasteiger partial charge in [0.25, 0.3) is 0 Å². The first-order valence-electron chi connectivity index (χ1n) is 6.28. The zero-order chi connectivity index (χ0) is 13.2. The molecule has 0 spiro atoms.